The molecule has 0 atom stereocenters. The van der Waals surface area contributed by atoms with Crippen molar-refractivity contribution in [2.24, 2.45) is 0 Å². The average Bonchev–Trinajstić information content (AvgIpc) is 3.47. The molecule has 9 nitrogen and oxygen atoms in total. The third-order valence-corrected chi connectivity index (χ3v) is 7.88. The minimum absolute atomic E-state index is 0.0454. The molecule has 2 aromatic carbocycles. The summed E-state index contributed by atoms with van der Waals surface area (Å²) in [6.07, 6.45) is 3.63. The number of carbonyl (C=O) groups excluding carboxylic acids is 1. The number of anilines is 1. The van der Waals surface area contributed by atoms with Gasteiger partial charge in [0.1, 0.15) is 17.3 Å². The highest BCUT2D eigenvalue weighted by molar-refractivity contribution is 7.80. The Morgan fingerprint density at radius 3 is 2.48 bits per heavy atom. The summed E-state index contributed by atoms with van der Waals surface area (Å²) in [7, 11) is 3.13. The molecule has 0 aliphatic heterocycles. The predicted octanol–water partition coefficient (Wildman–Crippen LogP) is 6.04. The van der Waals surface area contributed by atoms with Crippen LogP contribution in [0.4, 0.5) is 10.1 Å². The van der Waals surface area contributed by atoms with Crippen LogP contribution >= 0.6 is 23.6 Å². The fraction of sp³-hybridized carbons (Fsp3) is 0.188. The molecule has 3 aromatic heterocycles. The monoisotopic (exact) mass is 631 g/mol. The van der Waals surface area contributed by atoms with Crippen molar-refractivity contribution in [3.05, 3.63) is 102 Å². The zero-order valence-corrected chi connectivity index (χ0v) is 25.7. The van der Waals surface area contributed by atoms with Crippen LogP contribution in [-0.4, -0.2) is 48.4 Å². The molecule has 3 heterocycles. The normalized spacial score (nSPS) is 11.0. The lowest BCUT2D eigenvalue weighted by Crippen LogP contribution is -2.42. The number of hydroxylamine groups is 1. The van der Waals surface area contributed by atoms with Crippen LogP contribution in [0, 0.1) is 5.82 Å². The van der Waals surface area contributed by atoms with Crippen molar-refractivity contribution in [2.75, 3.05) is 32.4 Å². The second-order valence-electron chi connectivity index (χ2n) is 9.58. The maximum Gasteiger partial charge on any atom is 0.230 e. The van der Waals surface area contributed by atoms with E-state index in [0.717, 1.165) is 39.4 Å². The van der Waals surface area contributed by atoms with Crippen molar-refractivity contribution >= 4 is 50.5 Å². The van der Waals surface area contributed by atoms with Gasteiger partial charge in [0.05, 0.1) is 46.6 Å². The summed E-state index contributed by atoms with van der Waals surface area (Å²) in [6, 6.07) is 20.7. The first-order valence-corrected chi connectivity index (χ1v) is 14.9. The van der Waals surface area contributed by atoms with Gasteiger partial charge in [0, 0.05) is 38.7 Å². The molecule has 12 heteroatoms. The summed E-state index contributed by atoms with van der Waals surface area (Å²) in [6.45, 7) is 2.17. The number of amides is 1. The number of methoxy groups -OCH3 is 1. The maximum atomic E-state index is 13.2. The third kappa shape index (κ3) is 7.98. The third-order valence-electron chi connectivity index (χ3n) is 6.46. The molecule has 0 aliphatic rings. The van der Waals surface area contributed by atoms with Gasteiger partial charge in [0.15, 0.2) is 0 Å². The number of carbonyl (C=O) groups is 1. The number of thiophene rings is 1. The van der Waals surface area contributed by atoms with E-state index in [-0.39, 0.29) is 23.3 Å². The molecular weight excluding hydrogens is 602 g/mol. The summed E-state index contributed by atoms with van der Waals surface area (Å²) < 4.78 is 25.4. The average molecular weight is 632 g/mol. The van der Waals surface area contributed by atoms with Gasteiger partial charge >= 0.3 is 0 Å². The number of ether oxygens (including phenoxy) is 2. The summed E-state index contributed by atoms with van der Waals surface area (Å²) in [4.78, 5) is 28.1. The van der Waals surface area contributed by atoms with Crippen LogP contribution in [-0.2, 0) is 27.3 Å². The van der Waals surface area contributed by atoms with Gasteiger partial charge in [-0.1, -0.05) is 18.2 Å². The number of benzene rings is 2. The molecule has 0 saturated heterocycles. The molecule has 0 unspecified atom stereocenters. The van der Waals surface area contributed by atoms with E-state index < -0.39 is 0 Å². The number of rotatable bonds is 12. The number of hydrogen-bond donors (Lipinski definition) is 2. The van der Waals surface area contributed by atoms with Crippen LogP contribution in [0.25, 0.3) is 20.8 Å². The van der Waals surface area contributed by atoms with Crippen molar-refractivity contribution in [1.29, 1.82) is 0 Å². The molecule has 5 rings (SSSR count). The number of hydrogen-bond acceptors (Lipinski definition) is 9. The molecule has 0 aliphatic carbocycles. The Morgan fingerprint density at radius 1 is 1.00 bits per heavy atom. The van der Waals surface area contributed by atoms with Gasteiger partial charge in [0.25, 0.3) is 0 Å². The highest BCUT2D eigenvalue weighted by Crippen LogP contribution is 2.38. The van der Waals surface area contributed by atoms with E-state index >= 15 is 0 Å². The van der Waals surface area contributed by atoms with Crippen LogP contribution in [0.1, 0.15) is 11.1 Å². The summed E-state index contributed by atoms with van der Waals surface area (Å²) in [5, 5.41) is 7.36. The molecule has 0 fully saturated rings. The molecule has 0 radical (unpaired) electrons. The number of nitrogens with one attached hydrogen (secondary N) is 2. The molecule has 5 aromatic rings. The van der Waals surface area contributed by atoms with E-state index in [9.17, 15) is 9.18 Å². The second-order valence-corrected chi connectivity index (χ2v) is 11.0. The number of fused-ring (bicyclic) bond motifs is 1. The molecular formula is C32H30FN5O4S2. The highest BCUT2D eigenvalue weighted by Gasteiger charge is 2.16. The lowest BCUT2D eigenvalue weighted by molar-refractivity contribution is -0.119. The Hall–Kier alpha value is -4.33. The first-order chi connectivity index (χ1) is 21.4. The number of aromatic nitrogens is 2. The Labute approximate surface area is 263 Å². The Balaban J connectivity index is 1.23. The van der Waals surface area contributed by atoms with Gasteiger partial charge < -0.3 is 20.1 Å². The van der Waals surface area contributed by atoms with Crippen molar-refractivity contribution in [1.82, 2.24) is 20.6 Å². The van der Waals surface area contributed by atoms with Crippen molar-refractivity contribution < 1.29 is 23.5 Å². The molecule has 44 heavy (non-hydrogen) atoms. The summed E-state index contributed by atoms with van der Waals surface area (Å²) >= 11 is 6.96. The predicted molar refractivity (Wildman–Crippen MR) is 173 cm³/mol. The Morgan fingerprint density at radius 2 is 1.77 bits per heavy atom. The van der Waals surface area contributed by atoms with E-state index in [1.54, 1.807) is 61.0 Å². The smallest absolute Gasteiger partial charge is 0.230 e. The molecule has 0 spiro atoms. The topological polar surface area (TPSA) is 97.8 Å². The van der Waals surface area contributed by atoms with Crippen LogP contribution in [0.2, 0.25) is 0 Å². The van der Waals surface area contributed by atoms with Crippen molar-refractivity contribution in [3.63, 3.8) is 0 Å². The van der Waals surface area contributed by atoms with E-state index in [4.69, 9.17) is 26.5 Å². The van der Waals surface area contributed by atoms with Crippen LogP contribution in [0.3, 0.4) is 0 Å². The van der Waals surface area contributed by atoms with Gasteiger partial charge in [-0.15, -0.1) is 11.3 Å². The van der Waals surface area contributed by atoms with Crippen LogP contribution < -0.4 is 20.4 Å². The molecule has 0 bridgehead atoms. The van der Waals surface area contributed by atoms with Gasteiger partial charge in [-0.2, -0.15) is 5.06 Å². The fourth-order valence-corrected chi connectivity index (χ4v) is 5.62. The van der Waals surface area contributed by atoms with Crippen molar-refractivity contribution in [2.45, 2.75) is 13.0 Å². The molecule has 226 valence electrons. The number of thiocarbonyl (C=S) groups is 1. The largest absolute Gasteiger partial charge is 0.456 e. The van der Waals surface area contributed by atoms with Gasteiger partial charge in [-0.05, 0) is 71.9 Å². The number of halogens is 1. The van der Waals surface area contributed by atoms with E-state index in [1.807, 2.05) is 24.4 Å². The Bertz CT molecular complexity index is 1710. The minimum atomic E-state index is -0.363. The lowest BCUT2D eigenvalue weighted by atomic mass is 10.1. The first-order valence-electron chi connectivity index (χ1n) is 13.7. The van der Waals surface area contributed by atoms with Gasteiger partial charge in [-0.3, -0.25) is 19.6 Å². The van der Waals surface area contributed by atoms with Gasteiger partial charge in [-0.25, -0.2) is 4.39 Å². The molecule has 0 saturated carbocycles. The van der Waals surface area contributed by atoms with Crippen LogP contribution in [0.15, 0.2) is 85.2 Å². The van der Waals surface area contributed by atoms with Crippen LogP contribution in [0.5, 0.6) is 11.5 Å². The molecule has 1 amide bonds. The van der Waals surface area contributed by atoms with E-state index in [0.29, 0.717) is 29.4 Å². The summed E-state index contributed by atoms with van der Waals surface area (Å²) in [5.41, 5.74) is 4.03. The molecule has 2 N–H and O–H groups in total. The summed E-state index contributed by atoms with van der Waals surface area (Å²) in [5.74, 6) is 0.561. The standard InChI is InChI=1S/C32H30FN5O4S2/c1-40-16-15-34-19-22-5-12-26(36-20-22)29-18-27-31(44-29)28(13-14-35-27)42-25-10-8-24(9-11-25)38(41-2)32(43)37-30(39)17-21-3-6-23(33)7-4-21/h3-14,18,20,34H,15-17,19H2,1-2H3,(H,37,39,43). The maximum absolute atomic E-state index is 13.2. The quantitative estimate of drug-likeness (QED) is 0.0971. The number of nitrogens with zero attached hydrogens (tertiary/aromatic N) is 3. The van der Waals surface area contributed by atoms with E-state index in [1.165, 1.54) is 24.3 Å². The fourth-order valence-electron chi connectivity index (χ4n) is 4.29. The minimum Gasteiger partial charge on any atom is -0.456 e. The highest BCUT2D eigenvalue weighted by atomic mass is 32.1. The second kappa shape index (κ2) is 14.9. The SMILES string of the molecule is COCCNCc1ccc(-c2cc3nccc(Oc4ccc(N(OC)C(=S)NC(=O)Cc5ccc(F)cc5)cc4)c3s2)nc1. The van der Waals surface area contributed by atoms with E-state index in [2.05, 4.69) is 26.7 Å². The lowest BCUT2D eigenvalue weighted by Gasteiger charge is -2.22. The number of pyridine rings is 2. The zero-order chi connectivity index (χ0) is 30.9. The zero-order valence-electron chi connectivity index (χ0n) is 24.1. The van der Waals surface area contributed by atoms with Gasteiger partial charge in [0.2, 0.25) is 11.0 Å². The van der Waals surface area contributed by atoms with Crippen molar-refractivity contribution in [3.8, 4) is 22.1 Å². The first kappa shape index (κ1) is 31.1. The Kier molecular flexibility index (Phi) is 10.5.